The van der Waals surface area contributed by atoms with Crippen molar-refractivity contribution in [2.75, 3.05) is 0 Å². The number of aromatic nitrogens is 1. The van der Waals surface area contributed by atoms with Gasteiger partial charge in [0.2, 0.25) is 0 Å². The van der Waals surface area contributed by atoms with E-state index in [4.69, 9.17) is 0 Å². The summed E-state index contributed by atoms with van der Waals surface area (Å²) in [5.41, 5.74) is 4.12. The summed E-state index contributed by atoms with van der Waals surface area (Å²) in [7, 11) is 0. The van der Waals surface area contributed by atoms with Gasteiger partial charge in [0.05, 0.1) is 11.6 Å². The van der Waals surface area contributed by atoms with Gasteiger partial charge in [-0.25, -0.2) is 0 Å². The molecule has 1 atom stereocenters. The topological polar surface area (TPSA) is 94.2 Å². The number of aromatic hydroxyl groups is 1. The van der Waals surface area contributed by atoms with Gasteiger partial charge in [-0.1, -0.05) is 24.3 Å². The number of hydrogen-bond donors (Lipinski definition) is 4. The third-order valence-corrected chi connectivity index (χ3v) is 4.76. The van der Waals surface area contributed by atoms with E-state index in [1.54, 1.807) is 30.5 Å². The van der Waals surface area contributed by atoms with Crippen LogP contribution in [0, 0.1) is 0 Å². The number of fused-ring (bicyclic) bond motifs is 1. The molecule has 6 nitrogen and oxygen atoms in total. The number of rotatable bonds is 1. The van der Waals surface area contributed by atoms with Crippen LogP contribution in [0.15, 0.2) is 54.4 Å². The summed E-state index contributed by atoms with van der Waals surface area (Å²) in [6.07, 6.45) is 1.77. The predicted octanol–water partition coefficient (Wildman–Crippen LogP) is 1.93. The van der Waals surface area contributed by atoms with Crippen molar-refractivity contribution in [3.8, 4) is 5.75 Å². The van der Waals surface area contributed by atoms with Crippen LogP contribution in [-0.4, -0.2) is 21.9 Å². The maximum atomic E-state index is 12.3. The van der Waals surface area contributed by atoms with Gasteiger partial charge >= 0.3 is 0 Å². The van der Waals surface area contributed by atoms with Gasteiger partial charge in [-0.15, -0.1) is 0 Å². The average molecular weight is 331 g/mol. The van der Waals surface area contributed by atoms with Crippen LogP contribution in [0.3, 0.4) is 0 Å². The van der Waals surface area contributed by atoms with Crippen molar-refractivity contribution in [2.24, 2.45) is 0 Å². The highest BCUT2D eigenvalue weighted by Crippen LogP contribution is 2.40. The molecule has 1 aromatic heterocycles. The molecule has 122 valence electrons. The molecule has 3 heterocycles. The Hall–Kier alpha value is -3.54. The molecule has 3 aromatic rings. The number of nitrogens with one attached hydrogen (secondary N) is 3. The molecule has 5 rings (SSSR count). The van der Waals surface area contributed by atoms with Crippen molar-refractivity contribution in [1.29, 1.82) is 0 Å². The molecule has 1 unspecified atom stereocenters. The molecule has 25 heavy (non-hydrogen) atoms. The van der Waals surface area contributed by atoms with E-state index in [1.165, 1.54) is 0 Å². The predicted molar refractivity (Wildman–Crippen MR) is 91.5 cm³/mol. The van der Waals surface area contributed by atoms with Crippen LogP contribution in [0.2, 0.25) is 0 Å². The molecule has 0 spiro atoms. The fourth-order valence-electron chi connectivity index (χ4n) is 3.65. The molecule has 0 bridgehead atoms. The number of phenolic OH excluding ortho intramolecular Hbond substituents is 1. The standard InChI is InChI=1S/C19H13N3O3/c23-10-6-4-9(5-7-10)16-11-2-1-3-13-14(11)12(8-20-13)15-17(21-16)19(25)22-18(15)24/h1-8,16,20-21,23H,(H,22,24,25). The van der Waals surface area contributed by atoms with Crippen molar-refractivity contribution in [3.05, 3.63) is 71.0 Å². The quantitative estimate of drug-likeness (QED) is 0.513. The fraction of sp³-hybridized carbons (Fsp3) is 0.0526. The Morgan fingerprint density at radius 2 is 1.76 bits per heavy atom. The smallest absolute Gasteiger partial charge is 0.275 e. The molecule has 2 aliphatic rings. The maximum Gasteiger partial charge on any atom is 0.275 e. The van der Waals surface area contributed by atoms with E-state index in [-0.39, 0.29) is 17.5 Å². The summed E-state index contributed by atoms with van der Waals surface area (Å²) in [6.45, 7) is 0. The molecule has 0 aliphatic carbocycles. The second kappa shape index (κ2) is 4.73. The largest absolute Gasteiger partial charge is 0.508 e. The van der Waals surface area contributed by atoms with Crippen molar-refractivity contribution < 1.29 is 14.7 Å². The number of carbonyl (C=O) groups is 2. The number of H-pyrrole nitrogens is 1. The molecule has 0 saturated heterocycles. The number of benzene rings is 2. The monoisotopic (exact) mass is 331 g/mol. The van der Waals surface area contributed by atoms with E-state index in [0.29, 0.717) is 5.57 Å². The molecular formula is C19H13N3O3. The number of amides is 2. The van der Waals surface area contributed by atoms with E-state index < -0.39 is 11.8 Å². The van der Waals surface area contributed by atoms with Crippen molar-refractivity contribution in [1.82, 2.24) is 15.6 Å². The van der Waals surface area contributed by atoms with Gasteiger partial charge in [0, 0.05) is 22.7 Å². The highest BCUT2D eigenvalue weighted by atomic mass is 16.3. The highest BCUT2D eigenvalue weighted by molar-refractivity contribution is 6.37. The van der Waals surface area contributed by atoms with Crippen LogP contribution in [0.5, 0.6) is 5.75 Å². The number of phenols is 1. The van der Waals surface area contributed by atoms with Crippen molar-refractivity contribution in [3.63, 3.8) is 0 Å². The third-order valence-electron chi connectivity index (χ3n) is 4.76. The maximum absolute atomic E-state index is 12.3. The van der Waals surface area contributed by atoms with Gasteiger partial charge in [0.15, 0.2) is 0 Å². The first kappa shape index (κ1) is 13.9. The first-order valence-electron chi connectivity index (χ1n) is 7.89. The second-order valence-electron chi connectivity index (χ2n) is 6.17. The van der Waals surface area contributed by atoms with Crippen LogP contribution in [-0.2, 0) is 9.59 Å². The summed E-state index contributed by atoms with van der Waals surface area (Å²) >= 11 is 0. The number of carbonyl (C=O) groups excluding carboxylic acids is 2. The van der Waals surface area contributed by atoms with Gasteiger partial charge in [0.1, 0.15) is 11.4 Å². The molecule has 0 saturated carbocycles. The van der Waals surface area contributed by atoms with E-state index >= 15 is 0 Å². The molecule has 2 aliphatic heterocycles. The lowest BCUT2D eigenvalue weighted by Crippen LogP contribution is -2.30. The zero-order valence-electron chi connectivity index (χ0n) is 13.0. The Morgan fingerprint density at radius 3 is 2.56 bits per heavy atom. The van der Waals surface area contributed by atoms with Crippen LogP contribution in [0.1, 0.15) is 22.7 Å². The van der Waals surface area contributed by atoms with E-state index in [9.17, 15) is 14.7 Å². The van der Waals surface area contributed by atoms with Gasteiger partial charge < -0.3 is 15.4 Å². The summed E-state index contributed by atoms with van der Waals surface area (Å²) in [5.74, 6) is -0.646. The average Bonchev–Trinajstić information content (AvgIpc) is 3.09. The Labute approximate surface area is 142 Å². The molecule has 2 amide bonds. The Kier molecular flexibility index (Phi) is 2.62. The normalized spacial score (nSPS) is 18.8. The van der Waals surface area contributed by atoms with E-state index in [0.717, 1.165) is 27.6 Å². The minimum absolute atomic E-state index is 0.173. The van der Waals surface area contributed by atoms with Gasteiger partial charge in [-0.2, -0.15) is 0 Å². The third kappa shape index (κ3) is 1.85. The molecule has 0 radical (unpaired) electrons. The van der Waals surface area contributed by atoms with Crippen molar-refractivity contribution >= 4 is 28.3 Å². The SMILES string of the molecule is O=C1NC(=O)C2=C1NC(c1ccc(O)cc1)c1cccc3[nH]cc2c13. The van der Waals surface area contributed by atoms with E-state index in [1.807, 2.05) is 18.2 Å². The zero-order valence-corrected chi connectivity index (χ0v) is 13.0. The summed E-state index contributed by atoms with van der Waals surface area (Å²) < 4.78 is 0. The zero-order chi connectivity index (χ0) is 17.1. The van der Waals surface area contributed by atoms with Crippen LogP contribution >= 0.6 is 0 Å². The summed E-state index contributed by atoms with van der Waals surface area (Å²) in [4.78, 5) is 27.8. The van der Waals surface area contributed by atoms with Gasteiger partial charge in [0.25, 0.3) is 11.8 Å². The minimum Gasteiger partial charge on any atom is -0.508 e. The Bertz CT molecular complexity index is 1090. The Morgan fingerprint density at radius 1 is 0.960 bits per heavy atom. The number of aromatic amines is 1. The summed E-state index contributed by atoms with van der Waals surface area (Å²) in [6, 6.07) is 12.4. The van der Waals surface area contributed by atoms with Crippen LogP contribution in [0.25, 0.3) is 16.5 Å². The van der Waals surface area contributed by atoms with E-state index in [2.05, 4.69) is 15.6 Å². The molecule has 2 aromatic carbocycles. The minimum atomic E-state index is -0.425. The molecule has 6 heteroatoms. The first-order valence-corrected chi connectivity index (χ1v) is 7.89. The van der Waals surface area contributed by atoms with Crippen LogP contribution in [0.4, 0.5) is 0 Å². The van der Waals surface area contributed by atoms with Gasteiger partial charge in [-0.3, -0.25) is 14.9 Å². The molecule has 0 fully saturated rings. The Balaban J connectivity index is 1.83. The summed E-state index contributed by atoms with van der Waals surface area (Å²) in [5, 5.41) is 16.1. The van der Waals surface area contributed by atoms with Gasteiger partial charge in [-0.05, 0) is 29.3 Å². The second-order valence-corrected chi connectivity index (χ2v) is 6.17. The highest BCUT2D eigenvalue weighted by Gasteiger charge is 2.37. The lowest BCUT2D eigenvalue weighted by Gasteiger charge is -2.21. The van der Waals surface area contributed by atoms with Crippen LogP contribution < -0.4 is 10.6 Å². The number of hydrogen-bond acceptors (Lipinski definition) is 4. The molecular weight excluding hydrogens is 318 g/mol. The fourth-order valence-corrected chi connectivity index (χ4v) is 3.65. The first-order chi connectivity index (χ1) is 12.1. The van der Waals surface area contributed by atoms with Crippen molar-refractivity contribution in [2.45, 2.75) is 6.04 Å². The lowest BCUT2D eigenvalue weighted by atomic mass is 9.94. The number of imide groups is 1. The lowest BCUT2D eigenvalue weighted by molar-refractivity contribution is -0.123. The molecule has 4 N–H and O–H groups in total.